The van der Waals surface area contributed by atoms with E-state index in [9.17, 15) is 22.4 Å². The zero-order valence-corrected chi connectivity index (χ0v) is 15.8. The average molecular weight is 423 g/mol. The third kappa shape index (κ3) is 3.74. The molecule has 2 atom stereocenters. The molecule has 0 fully saturated rings. The van der Waals surface area contributed by atoms with E-state index in [4.69, 9.17) is 0 Å². The molecule has 0 radical (unpaired) electrons. The van der Waals surface area contributed by atoms with Crippen LogP contribution in [-0.2, 0) is 11.8 Å². The van der Waals surface area contributed by atoms with Crippen LogP contribution in [0.3, 0.4) is 0 Å². The second kappa shape index (κ2) is 7.47. The summed E-state index contributed by atoms with van der Waals surface area (Å²) in [4.78, 5) is 20.5. The number of ether oxygens (including phenoxy) is 1. The fourth-order valence-electron chi connectivity index (χ4n) is 3.56. The number of aryl methyl sites for hydroxylation is 1. The van der Waals surface area contributed by atoms with E-state index >= 15 is 0 Å². The molecule has 11 heteroatoms. The highest BCUT2D eigenvalue weighted by Crippen LogP contribution is 2.36. The van der Waals surface area contributed by atoms with Crippen LogP contribution in [0.25, 0.3) is 5.57 Å². The van der Waals surface area contributed by atoms with E-state index in [0.29, 0.717) is 11.3 Å². The predicted octanol–water partition coefficient (Wildman–Crippen LogP) is 2.76. The molecule has 0 saturated carbocycles. The number of benzene rings is 1. The van der Waals surface area contributed by atoms with Gasteiger partial charge in [0.15, 0.2) is 0 Å². The van der Waals surface area contributed by atoms with Gasteiger partial charge in [0.1, 0.15) is 24.5 Å². The molecule has 4 rings (SSSR count). The van der Waals surface area contributed by atoms with E-state index in [-0.39, 0.29) is 12.5 Å². The SMILES string of the molecule is Cn1cc(C2=CN(c3ccc(OC(F)(F)F)cc3)C(=O)C3C2N=CN3CCF)cn1. The molecule has 158 valence electrons. The number of aliphatic imine (C=N–C) groups is 1. The molecule has 0 saturated heterocycles. The van der Waals surface area contributed by atoms with E-state index in [1.165, 1.54) is 28.3 Å². The Kier molecular flexibility index (Phi) is 4.96. The molecule has 2 unspecified atom stereocenters. The van der Waals surface area contributed by atoms with Gasteiger partial charge in [-0.25, -0.2) is 4.39 Å². The van der Waals surface area contributed by atoms with Crippen LogP contribution >= 0.6 is 0 Å². The minimum atomic E-state index is -4.81. The maximum absolute atomic E-state index is 13.2. The van der Waals surface area contributed by atoms with Crippen molar-refractivity contribution in [2.75, 3.05) is 18.1 Å². The highest BCUT2D eigenvalue weighted by Gasteiger charge is 2.45. The number of halogens is 4. The number of anilines is 1. The monoisotopic (exact) mass is 423 g/mol. The maximum atomic E-state index is 13.2. The summed E-state index contributed by atoms with van der Waals surface area (Å²) in [5.74, 6) is -0.753. The van der Waals surface area contributed by atoms with Gasteiger partial charge in [-0.3, -0.25) is 19.4 Å². The average Bonchev–Trinajstić information content (AvgIpc) is 3.29. The van der Waals surface area contributed by atoms with Crippen molar-refractivity contribution < 1.29 is 27.1 Å². The first kappa shape index (κ1) is 19.9. The number of hydrogen-bond acceptors (Lipinski definition) is 5. The second-order valence-electron chi connectivity index (χ2n) is 6.82. The first-order valence-electron chi connectivity index (χ1n) is 9.01. The Bertz CT molecular complexity index is 999. The third-order valence-electron chi connectivity index (χ3n) is 4.84. The van der Waals surface area contributed by atoms with Gasteiger partial charge in [0, 0.05) is 42.8 Å². The van der Waals surface area contributed by atoms with Crippen molar-refractivity contribution in [3.63, 3.8) is 0 Å². The van der Waals surface area contributed by atoms with E-state index < -0.39 is 30.9 Å². The second-order valence-corrected chi connectivity index (χ2v) is 6.82. The number of alkyl halides is 4. The summed E-state index contributed by atoms with van der Waals surface area (Å²) >= 11 is 0. The van der Waals surface area contributed by atoms with Crippen molar-refractivity contribution in [2.45, 2.75) is 18.4 Å². The van der Waals surface area contributed by atoms with Crippen molar-refractivity contribution in [2.24, 2.45) is 12.0 Å². The van der Waals surface area contributed by atoms with Crippen LogP contribution in [0.15, 0.2) is 47.9 Å². The van der Waals surface area contributed by atoms with E-state index in [2.05, 4.69) is 14.8 Å². The summed E-state index contributed by atoms with van der Waals surface area (Å²) in [6.45, 7) is -0.652. The molecule has 30 heavy (non-hydrogen) atoms. The molecule has 3 heterocycles. The largest absolute Gasteiger partial charge is 0.573 e. The first-order chi connectivity index (χ1) is 14.3. The number of hydrogen-bond donors (Lipinski definition) is 0. The molecule has 7 nitrogen and oxygen atoms in total. The van der Waals surface area contributed by atoms with Gasteiger partial charge in [-0.2, -0.15) is 5.10 Å². The minimum absolute atomic E-state index is 0.00290. The van der Waals surface area contributed by atoms with Gasteiger partial charge in [-0.1, -0.05) is 0 Å². The number of aromatic nitrogens is 2. The predicted molar refractivity (Wildman–Crippen MR) is 101 cm³/mol. The number of fused-ring (bicyclic) bond motifs is 1. The Labute approximate surface area is 168 Å². The summed E-state index contributed by atoms with van der Waals surface area (Å²) in [6, 6.07) is 3.68. The Morgan fingerprint density at radius 1 is 1.20 bits per heavy atom. The zero-order chi connectivity index (χ0) is 21.5. The van der Waals surface area contributed by atoms with Crippen molar-refractivity contribution in [1.29, 1.82) is 0 Å². The van der Waals surface area contributed by atoms with Gasteiger partial charge < -0.3 is 9.64 Å². The summed E-state index contributed by atoms with van der Waals surface area (Å²) in [7, 11) is 1.75. The highest BCUT2D eigenvalue weighted by atomic mass is 19.4. The smallest absolute Gasteiger partial charge is 0.406 e. The molecule has 0 bridgehead atoms. The number of rotatable bonds is 5. The van der Waals surface area contributed by atoms with E-state index in [1.54, 1.807) is 30.3 Å². The molecule has 2 aliphatic rings. The molecular weight excluding hydrogens is 406 g/mol. The van der Waals surface area contributed by atoms with Gasteiger partial charge in [0.05, 0.1) is 12.5 Å². The Hall–Kier alpha value is -3.37. The van der Waals surface area contributed by atoms with Crippen LogP contribution in [0.4, 0.5) is 23.2 Å². The van der Waals surface area contributed by atoms with E-state index in [0.717, 1.165) is 17.7 Å². The van der Waals surface area contributed by atoms with Gasteiger partial charge in [-0.05, 0) is 24.3 Å². The molecule has 2 aliphatic heterocycles. The maximum Gasteiger partial charge on any atom is 0.573 e. The summed E-state index contributed by atoms with van der Waals surface area (Å²) in [5, 5.41) is 4.15. The Morgan fingerprint density at radius 3 is 2.53 bits per heavy atom. The third-order valence-corrected chi connectivity index (χ3v) is 4.84. The lowest BCUT2D eigenvalue weighted by atomic mass is 9.91. The number of carbonyl (C=O) groups excluding carboxylic acids is 1. The quantitative estimate of drug-likeness (QED) is 0.694. The molecule has 2 aromatic rings. The lowest BCUT2D eigenvalue weighted by molar-refractivity contribution is -0.274. The lowest BCUT2D eigenvalue weighted by Crippen LogP contribution is -2.52. The molecule has 1 aromatic heterocycles. The summed E-state index contributed by atoms with van der Waals surface area (Å²) in [5.41, 5.74) is 1.78. The fourth-order valence-corrected chi connectivity index (χ4v) is 3.56. The van der Waals surface area contributed by atoms with Crippen LogP contribution in [0.1, 0.15) is 5.56 Å². The molecule has 0 N–H and O–H groups in total. The van der Waals surface area contributed by atoms with Crippen LogP contribution in [0.2, 0.25) is 0 Å². The first-order valence-corrected chi connectivity index (χ1v) is 9.01. The molecule has 1 amide bonds. The topological polar surface area (TPSA) is 63.0 Å². The van der Waals surface area contributed by atoms with Crippen LogP contribution in [0, 0.1) is 0 Å². The minimum Gasteiger partial charge on any atom is -0.406 e. The number of nitrogens with zero attached hydrogens (tertiary/aromatic N) is 5. The van der Waals surface area contributed by atoms with Crippen molar-refractivity contribution in [3.8, 4) is 5.75 Å². The number of amides is 1. The standard InChI is InChI=1S/C19H17F4N5O2/c1-26-9-12(8-25-26)15-10-28(13-2-4-14(5-3-13)30-19(21,22)23)18(29)17-16(15)24-11-27(17)7-6-20/h2-5,8-11,16-17H,6-7H2,1H3. The molecule has 0 aliphatic carbocycles. The lowest BCUT2D eigenvalue weighted by Gasteiger charge is -2.36. The van der Waals surface area contributed by atoms with Crippen LogP contribution in [-0.4, -0.2) is 58.6 Å². The van der Waals surface area contributed by atoms with Crippen LogP contribution < -0.4 is 9.64 Å². The van der Waals surface area contributed by atoms with Gasteiger partial charge >= 0.3 is 6.36 Å². The van der Waals surface area contributed by atoms with Crippen LogP contribution in [0.5, 0.6) is 5.75 Å². The zero-order valence-electron chi connectivity index (χ0n) is 15.8. The molecule has 0 spiro atoms. The van der Waals surface area contributed by atoms with Crippen molar-refractivity contribution in [1.82, 2.24) is 14.7 Å². The van der Waals surface area contributed by atoms with Gasteiger partial charge in [-0.15, -0.1) is 13.2 Å². The van der Waals surface area contributed by atoms with Crippen molar-refractivity contribution >= 4 is 23.5 Å². The molecule has 1 aromatic carbocycles. The summed E-state index contributed by atoms with van der Waals surface area (Å²) < 4.78 is 55.7. The van der Waals surface area contributed by atoms with Gasteiger partial charge in [0.25, 0.3) is 5.91 Å². The highest BCUT2D eigenvalue weighted by molar-refractivity contribution is 6.07. The summed E-state index contributed by atoms with van der Waals surface area (Å²) in [6.07, 6.45) is 1.64. The van der Waals surface area contributed by atoms with Gasteiger partial charge in [0.2, 0.25) is 0 Å². The normalized spacial score (nSPS) is 21.1. The Morgan fingerprint density at radius 2 is 1.93 bits per heavy atom. The van der Waals surface area contributed by atoms with E-state index in [1.807, 2.05) is 0 Å². The fraction of sp³-hybridized carbons (Fsp3) is 0.316. The van der Waals surface area contributed by atoms with Crippen molar-refractivity contribution in [3.05, 3.63) is 48.4 Å². The molecular formula is C19H17F4N5O2. The number of carbonyl (C=O) groups is 1. The Balaban J connectivity index is 1.71.